The van der Waals surface area contributed by atoms with E-state index in [9.17, 15) is 14.7 Å². The Kier molecular flexibility index (Phi) is 2.81. The van der Waals surface area contributed by atoms with Gasteiger partial charge in [-0.05, 0) is 43.5 Å². The summed E-state index contributed by atoms with van der Waals surface area (Å²) >= 11 is 0. The number of fused-ring (bicyclic) bond motifs is 1. The zero-order valence-corrected chi connectivity index (χ0v) is 10.9. The van der Waals surface area contributed by atoms with E-state index < -0.39 is 0 Å². The number of hydrogen-bond acceptors (Lipinski definition) is 3. The Bertz CT molecular complexity index is 528. The van der Waals surface area contributed by atoms with Crippen molar-refractivity contribution in [1.29, 1.82) is 0 Å². The number of anilines is 1. The molecule has 2 atom stereocenters. The average Bonchev–Trinajstić information content (AvgIpc) is 2.64. The summed E-state index contributed by atoms with van der Waals surface area (Å²) in [6.07, 6.45) is 3.71. The zero-order valence-electron chi connectivity index (χ0n) is 10.9. The van der Waals surface area contributed by atoms with Gasteiger partial charge in [0.15, 0.2) is 0 Å². The number of nitrogens with zero attached hydrogens (tertiary/aromatic N) is 1. The van der Waals surface area contributed by atoms with Crippen LogP contribution in [-0.4, -0.2) is 16.9 Å². The number of phenolic OH excluding ortho intramolecular Hbond substituents is 1. The fourth-order valence-corrected chi connectivity index (χ4v) is 3.29. The van der Waals surface area contributed by atoms with Crippen molar-refractivity contribution in [3.63, 3.8) is 0 Å². The molecule has 4 heteroatoms. The van der Waals surface area contributed by atoms with E-state index in [1.54, 1.807) is 19.1 Å². The van der Waals surface area contributed by atoms with Crippen LogP contribution in [-0.2, 0) is 9.59 Å². The molecule has 0 radical (unpaired) electrons. The van der Waals surface area contributed by atoms with Gasteiger partial charge in [0.25, 0.3) is 0 Å². The van der Waals surface area contributed by atoms with E-state index in [1.807, 2.05) is 0 Å². The third-order valence-electron chi connectivity index (χ3n) is 4.26. The second-order valence-corrected chi connectivity index (χ2v) is 5.48. The van der Waals surface area contributed by atoms with Crippen LogP contribution in [0.4, 0.5) is 5.69 Å². The lowest BCUT2D eigenvalue weighted by molar-refractivity contribution is -0.122. The number of phenols is 1. The quantitative estimate of drug-likeness (QED) is 0.788. The summed E-state index contributed by atoms with van der Waals surface area (Å²) in [7, 11) is 0. The maximum Gasteiger partial charge on any atom is 0.237 e. The number of aromatic hydroxyl groups is 1. The van der Waals surface area contributed by atoms with Crippen molar-refractivity contribution in [2.24, 2.45) is 11.8 Å². The Labute approximate surface area is 112 Å². The number of benzene rings is 1. The highest BCUT2D eigenvalue weighted by Gasteiger charge is 2.48. The van der Waals surface area contributed by atoms with Crippen LogP contribution in [0.5, 0.6) is 5.75 Å². The summed E-state index contributed by atoms with van der Waals surface area (Å²) in [5.74, 6) is -0.242. The number of rotatable bonds is 1. The van der Waals surface area contributed by atoms with Gasteiger partial charge >= 0.3 is 0 Å². The van der Waals surface area contributed by atoms with E-state index in [1.165, 1.54) is 11.0 Å². The second-order valence-electron chi connectivity index (χ2n) is 5.48. The van der Waals surface area contributed by atoms with Gasteiger partial charge in [0.1, 0.15) is 5.75 Å². The molecule has 0 unspecified atom stereocenters. The highest BCUT2D eigenvalue weighted by molar-refractivity contribution is 6.22. The molecule has 2 amide bonds. The van der Waals surface area contributed by atoms with Gasteiger partial charge < -0.3 is 5.11 Å². The van der Waals surface area contributed by atoms with Crippen LogP contribution in [0.2, 0.25) is 0 Å². The topological polar surface area (TPSA) is 57.6 Å². The molecule has 3 rings (SSSR count). The van der Waals surface area contributed by atoms with Gasteiger partial charge in [-0.15, -0.1) is 0 Å². The summed E-state index contributed by atoms with van der Waals surface area (Å²) in [5.41, 5.74) is 1.36. The molecule has 0 bridgehead atoms. The first-order valence-electron chi connectivity index (χ1n) is 6.77. The number of carbonyl (C=O) groups excluding carboxylic acids is 2. The largest absolute Gasteiger partial charge is 0.508 e. The zero-order chi connectivity index (χ0) is 13.6. The number of imide groups is 1. The minimum absolute atomic E-state index is 0.0662. The second kappa shape index (κ2) is 4.37. The van der Waals surface area contributed by atoms with Crippen LogP contribution < -0.4 is 4.90 Å². The molecule has 100 valence electrons. The molecule has 0 aromatic heterocycles. The molecule has 1 saturated carbocycles. The number of hydrogen-bond donors (Lipinski definition) is 1. The summed E-state index contributed by atoms with van der Waals surface area (Å²) in [6, 6.07) is 4.75. The molecule has 19 heavy (non-hydrogen) atoms. The van der Waals surface area contributed by atoms with Crippen molar-refractivity contribution < 1.29 is 14.7 Å². The monoisotopic (exact) mass is 259 g/mol. The SMILES string of the molecule is Cc1cc(O)ccc1N1C(=O)[C@H]2CCCC[C@@H]2C1=O. The normalized spacial score (nSPS) is 26.7. The molecule has 4 nitrogen and oxygen atoms in total. The predicted molar refractivity (Wildman–Crippen MR) is 70.8 cm³/mol. The fourth-order valence-electron chi connectivity index (χ4n) is 3.29. The van der Waals surface area contributed by atoms with Gasteiger partial charge in [-0.1, -0.05) is 12.8 Å². The molecule has 0 spiro atoms. The first-order valence-corrected chi connectivity index (χ1v) is 6.77. The van der Waals surface area contributed by atoms with E-state index in [0.29, 0.717) is 5.69 Å². The van der Waals surface area contributed by atoms with E-state index in [2.05, 4.69) is 0 Å². The van der Waals surface area contributed by atoms with Crippen LogP contribution in [0.3, 0.4) is 0 Å². The third-order valence-corrected chi connectivity index (χ3v) is 4.26. The summed E-state index contributed by atoms with van der Waals surface area (Å²) < 4.78 is 0. The molecule has 2 fully saturated rings. The van der Waals surface area contributed by atoms with Crippen LogP contribution >= 0.6 is 0 Å². The molecule has 1 aromatic rings. The van der Waals surface area contributed by atoms with E-state index in [4.69, 9.17) is 0 Å². The predicted octanol–water partition coefficient (Wildman–Crippen LogP) is 2.38. The Hall–Kier alpha value is -1.84. The van der Waals surface area contributed by atoms with Crippen LogP contribution in [0.25, 0.3) is 0 Å². The van der Waals surface area contributed by atoms with Gasteiger partial charge in [-0.25, -0.2) is 4.90 Å². The first-order chi connectivity index (χ1) is 9.09. The maximum atomic E-state index is 12.4. The Morgan fingerprint density at radius 3 is 2.21 bits per heavy atom. The molecule has 1 aliphatic heterocycles. The van der Waals surface area contributed by atoms with Gasteiger partial charge in [0.2, 0.25) is 11.8 Å². The molecule has 1 aliphatic carbocycles. The lowest BCUT2D eigenvalue weighted by Gasteiger charge is -2.19. The number of amides is 2. The lowest BCUT2D eigenvalue weighted by atomic mass is 9.81. The molecule has 1 saturated heterocycles. The van der Waals surface area contributed by atoms with Crippen LogP contribution in [0, 0.1) is 18.8 Å². The van der Waals surface area contributed by atoms with Crippen molar-refractivity contribution in [3.05, 3.63) is 23.8 Å². The van der Waals surface area contributed by atoms with Crippen molar-refractivity contribution in [2.45, 2.75) is 32.6 Å². The van der Waals surface area contributed by atoms with Gasteiger partial charge in [0, 0.05) is 0 Å². The van der Waals surface area contributed by atoms with E-state index in [-0.39, 0.29) is 29.4 Å². The summed E-state index contributed by atoms with van der Waals surface area (Å²) in [6.45, 7) is 1.80. The van der Waals surface area contributed by atoms with Crippen molar-refractivity contribution in [3.8, 4) is 5.75 Å². The average molecular weight is 259 g/mol. The molecular formula is C15H17NO3. The highest BCUT2D eigenvalue weighted by atomic mass is 16.3. The Morgan fingerprint density at radius 1 is 1.11 bits per heavy atom. The van der Waals surface area contributed by atoms with E-state index >= 15 is 0 Å². The standard InChI is InChI=1S/C15H17NO3/c1-9-8-10(17)6-7-13(9)16-14(18)11-4-2-3-5-12(11)15(16)19/h6-8,11-12,17H,2-5H2,1H3/t11-,12-/m0/s1. The van der Waals surface area contributed by atoms with Crippen LogP contribution in [0.15, 0.2) is 18.2 Å². The fraction of sp³-hybridized carbons (Fsp3) is 0.467. The summed E-state index contributed by atoms with van der Waals surface area (Å²) in [4.78, 5) is 26.2. The van der Waals surface area contributed by atoms with Crippen molar-refractivity contribution in [2.75, 3.05) is 4.90 Å². The van der Waals surface area contributed by atoms with Gasteiger partial charge in [-0.3, -0.25) is 9.59 Å². The minimum Gasteiger partial charge on any atom is -0.508 e. The summed E-state index contributed by atoms with van der Waals surface area (Å²) in [5, 5.41) is 9.43. The van der Waals surface area contributed by atoms with Crippen molar-refractivity contribution in [1.82, 2.24) is 0 Å². The number of carbonyl (C=O) groups is 2. The van der Waals surface area contributed by atoms with Crippen molar-refractivity contribution >= 4 is 17.5 Å². The highest BCUT2D eigenvalue weighted by Crippen LogP contribution is 2.41. The third kappa shape index (κ3) is 1.82. The van der Waals surface area contributed by atoms with Gasteiger partial charge in [0.05, 0.1) is 17.5 Å². The smallest absolute Gasteiger partial charge is 0.237 e. The Balaban J connectivity index is 2.00. The maximum absolute atomic E-state index is 12.4. The van der Waals surface area contributed by atoms with Crippen LogP contribution in [0.1, 0.15) is 31.2 Å². The molecule has 1 heterocycles. The van der Waals surface area contributed by atoms with Gasteiger partial charge in [-0.2, -0.15) is 0 Å². The Morgan fingerprint density at radius 2 is 1.68 bits per heavy atom. The molecular weight excluding hydrogens is 242 g/mol. The minimum atomic E-state index is -0.130. The molecule has 1 aromatic carbocycles. The number of aryl methyl sites for hydroxylation is 1. The lowest BCUT2D eigenvalue weighted by Crippen LogP contribution is -2.31. The molecule has 2 aliphatic rings. The van der Waals surface area contributed by atoms with E-state index in [0.717, 1.165) is 31.2 Å². The molecule has 1 N–H and O–H groups in total. The first kappa shape index (κ1) is 12.2.